The predicted octanol–water partition coefficient (Wildman–Crippen LogP) is 2.31. The van der Waals surface area contributed by atoms with E-state index in [0.29, 0.717) is 6.10 Å². The summed E-state index contributed by atoms with van der Waals surface area (Å²) < 4.78 is 5.98. The fourth-order valence-electron chi connectivity index (χ4n) is 2.70. The molecule has 1 aliphatic heterocycles. The van der Waals surface area contributed by atoms with Crippen LogP contribution in [0.1, 0.15) is 30.4 Å². The summed E-state index contributed by atoms with van der Waals surface area (Å²) >= 11 is 0. The molecule has 0 bridgehead atoms. The first-order valence-corrected chi connectivity index (χ1v) is 6.41. The van der Waals surface area contributed by atoms with Gasteiger partial charge in [-0.15, -0.1) is 0 Å². The lowest BCUT2D eigenvalue weighted by molar-refractivity contribution is 0.222. The number of hydrogen-bond acceptors (Lipinski definition) is 2. The Morgan fingerprint density at radius 3 is 2.81 bits per heavy atom. The fourth-order valence-corrected chi connectivity index (χ4v) is 2.70. The van der Waals surface area contributed by atoms with Crippen molar-refractivity contribution in [2.45, 2.75) is 38.2 Å². The van der Waals surface area contributed by atoms with Gasteiger partial charge in [0.1, 0.15) is 11.9 Å². The monoisotopic (exact) mass is 217 g/mol. The molecule has 0 saturated carbocycles. The van der Waals surface area contributed by atoms with Crippen LogP contribution in [0.25, 0.3) is 0 Å². The van der Waals surface area contributed by atoms with E-state index in [1.165, 1.54) is 36.8 Å². The van der Waals surface area contributed by atoms with Gasteiger partial charge in [-0.1, -0.05) is 6.07 Å². The van der Waals surface area contributed by atoms with Gasteiger partial charge in [0.2, 0.25) is 0 Å². The van der Waals surface area contributed by atoms with Crippen LogP contribution in [0.5, 0.6) is 5.75 Å². The molecule has 1 heterocycles. The van der Waals surface area contributed by atoms with E-state index in [4.69, 9.17) is 4.74 Å². The Bertz CT molecular complexity index is 369. The number of nitrogens with one attached hydrogen (secondary N) is 1. The molecular weight excluding hydrogens is 198 g/mol. The normalized spacial score (nSPS) is 24.1. The molecule has 1 fully saturated rings. The summed E-state index contributed by atoms with van der Waals surface area (Å²) in [5.74, 6) is 1.06. The Kier molecular flexibility index (Phi) is 2.83. The first kappa shape index (κ1) is 10.2. The van der Waals surface area contributed by atoms with Crippen LogP contribution in [0.2, 0.25) is 0 Å². The first-order valence-electron chi connectivity index (χ1n) is 6.41. The number of fused-ring (bicyclic) bond motifs is 1. The quantitative estimate of drug-likeness (QED) is 0.820. The molecule has 86 valence electrons. The van der Waals surface area contributed by atoms with Crippen LogP contribution in [-0.4, -0.2) is 19.2 Å². The van der Waals surface area contributed by atoms with Crippen molar-refractivity contribution in [3.63, 3.8) is 0 Å². The Balaban J connectivity index is 1.74. The van der Waals surface area contributed by atoms with Crippen LogP contribution in [0.15, 0.2) is 18.2 Å². The molecule has 0 radical (unpaired) electrons. The van der Waals surface area contributed by atoms with E-state index in [-0.39, 0.29) is 0 Å². The van der Waals surface area contributed by atoms with Gasteiger partial charge in [-0.25, -0.2) is 0 Å². The van der Waals surface area contributed by atoms with E-state index in [0.717, 1.165) is 25.3 Å². The third-order valence-electron chi connectivity index (χ3n) is 3.64. The van der Waals surface area contributed by atoms with Gasteiger partial charge in [0, 0.05) is 6.54 Å². The molecule has 1 atom stereocenters. The minimum Gasteiger partial charge on any atom is -0.489 e. The lowest BCUT2D eigenvalue weighted by Gasteiger charge is -2.18. The molecule has 1 saturated heterocycles. The summed E-state index contributed by atoms with van der Waals surface area (Å²) in [6.45, 7) is 2.09. The summed E-state index contributed by atoms with van der Waals surface area (Å²) in [7, 11) is 0. The fraction of sp³-hybridized carbons (Fsp3) is 0.571. The molecule has 2 aliphatic rings. The largest absolute Gasteiger partial charge is 0.489 e. The molecule has 1 aromatic carbocycles. The number of aryl methyl sites for hydroxylation is 2. The predicted molar refractivity (Wildman–Crippen MR) is 65.0 cm³/mol. The molecule has 16 heavy (non-hydrogen) atoms. The molecule has 0 amide bonds. The molecular formula is C14H19NO. The van der Waals surface area contributed by atoms with Crippen molar-refractivity contribution in [1.82, 2.24) is 5.32 Å². The SMILES string of the molecule is c1cc2c(cc1OC1CCNC1)CCCC2. The van der Waals surface area contributed by atoms with Crippen LogP contribution < -0.4 is 10.1 Å². The van der Waals surface area contributed by atoms with Crippen molar-refractivity contribution >= 4 is 0 Å². The van der Waals surface area contributed by atoms with Crippen LogP contribution in [0.3, 0.4) is 0 Å². The maximum Gasteiger partial charge on any atom is 0.120 e. The second-order valence-electron chi connectivity index (χ2n) is 4.87. The second kappa shape index (κ2) is 4.46. The zero-order valence-corrected chi connectivity index (χ0v) is 9.67. The summed E-state index contributed by atoms with van der Waals surface area (Å²) in [5, 5.41) is 3.33. The molecule has 1 aromatic rings. The van der Waals surface area contributed by atoms with E-state index < -0.39 is 0 Å². The zero-order chi connectivity index (χ0) is 10.8. The van der Waals surface area contributed by atoms with E-state index in [1.807, 2.05) is 0 Å². The third-order valence-corrected chi connectivity index (χ3v) is 3.64. The third kappa shape index (κ3) is 2.07. The minimum atomic E-state index is 0.377. The van der Waals surface area contributed by atoms with Gasteiger partial charge < -0.3 is 10.1 Å². The lowest BCUT2D eigenvalue weighted by Crippen LogP contribution is -2.19. The highest BCUT2D eigenvalue weighted by Crippen LogP contribution is 2.26. The molecule has 0 aromatic heterocycles. The van der Waals surface area contributed by atoms with Crippen molar-refractivity contribution in [2.24, 2.45) is 0 Å². The Hall–Kier alpha value is -1.02. The summed E-state index contributed by atoms with van der Waals surface area (Å²) in [4.78, 5) is 0. The van der Waals surface area contributed by atoms with E-state index in [9.17, 15) is 0 Å². The standard InChI is InChI=1S/C14H19NO/c1-2-4-12-9-13(6-5-11(12)3-1)16-14-7-8-15-10-14/h5-6,9,14-15H,1-4,7-8,10H2. The second-order valence-corrected chi connectivity index (χ2v) is 4.87. The summed E-state index contributed by atoms with van der Waals surface area (Å²) in [6, 6.07) is 6.65. The Morgan fingerprint density at radius 2 is 2.00 bits per heavy atom. The zero-order valence-electron chi connectivity index (χ0n) is 9.67. The summed E-state index contributed by atoms with van der Waals surface area (Å²) in [6.07, 6.45) is 6.68. The molecule has 1 aliphatic carbocycles. The van der Waals surface area contributed by atoms with Crippen molar-refractivity contribution in [3.05, 3.63) is 29.3 Å². The molecule has 0 spiro atoms. The van der Waals surface area contributed by atoms with Crippen molar-refractivity contribution in [3.8, 4) is 5.75 Å². The first-order chi connectivity index (χ1) is 7.92. The Morgan fingerprint density at radius 1 is 1.12 bits per heavy atom. The smallest absolute Gasteiger partial charge is 0.120 e. The van der Waals surface area contributed by atoms with Crippen molar-refractivity contribution in [1.29, 1.82) is 0 Å². The molecule has 3 rings (SSSR count). The highest BCUT2D eigenvalue weighted by atomic mass is 16.5. The van der Waals surface area contributed by atoms with Crippen molar-refractivity contribution in [2.75, 3.05) is 13.1 Å². The van der Waals surface area contributed by atoms with E-state index >= 15 is 0 Å². The van der Waals surface area contributed by atoms with Crippen molar-refractivity contribution < 1.29 is 4.74 Å². The van der Waals surface area contributed by atoms with E-state index in [2.05, 4.69) is 23.5 Å². The number of ether oxygens (including phenoxy) is 1. The maximum atomic E-state index is 5.98. The van der Waals surface area contributed by atoms with Gasteiger partial charge in [-0.2, -0.15) is 0 Å². The number of benzene rings is 1. The molecule has 1 unspecified atom stereocenters. The minimum absolute atomic E-state index is 0.377. The van der Waals surface area contributed by atoms with Crippen LogP contribution in [-0.2, 0) is 12.8 Å². The molecule has 2 nitrogen and oxygen atoms in total. The highest BCUT2D eigenvalue weighted by molar-refractivity contribution is 5.37. The average Bonchev–Trinajstić information content (AvgIpc) is 2.82. The number of hydrogen-bond donors (Lipinski definition) is 1. The average molecular weight is 217 g/mol. The van der Waals surface area contributed by atoms with Gasteiger partial charge >= 0.3 is 0 Å². The summed E-state index contributed by atoms with van der Waals surface area (Å²) in [5.41, 5.74) is 3.04. The van der Waals surface area contributed by atoms with Gasteiger partial charge in [0.15, 0.2) is 0 Å². The molecule has 1 N–H and O–H groups in total. The van der Waals surface area contributed by atoms with Gasteiger partial charge in [0.05, 0.1) is 0 Å². The van der Waals surface area contributed by atoms with Crippen LogP contribution >= 0.6 is 0 Å². The topological polar surface area (TPSA) is 21.3 Å². The maximum absolute atomic E-state index is 5.98. The van der Waals surface area contributed by atoms with E-state index in [1.54, 1.807) is 0 Å². The highest BCUT2D eigenvalue weighted by Gasteiger charge is 2.17. The lowest BCUT2D eigenvalue weighted by atomic mass is 9.92. The Labute approximate surface area is 97.0 Å². The van der Waals surface area contributed by atoms with Gasteiger partial charge in [-0.3, -0.25) is 0 Å². The van der Waals surface area contributed by atoms with Gasteiger partial charge in [-0.05, 0) is 61.9 Å². The molecule has 2 heteroatoms. The van der Waals surface area contributed by atoms with Crippen LogP contribution in [0.4, 0.5) is 0 Å². The van der Waals surface area contributed by atoms with Gasteiger partial charge in [0.25, 0.3) is 0 Å². The van der Waals surface area contributed by atoms with Crippen LogP contribution in [0, 0.1) is 0 Å². The number of rotatable bonds is 2.